The maximum Gasteiger partial charge on any atom is 0.490 e. The summed E-state index contributed by atoms with van der Waals surface area (Å²) in [6, 6.07) is 14.7. The summed E-state index contributed by atoms with van der Waals surface area (Å²) in [4.78, 5) is 43.6. The summed E-state index contributed by atoms with van der Waals surface area (Å²) in [5, 5.41) is 24.4. The fourth-order valence-corrected chi connectivity index (χ4v) is 4.73. The predicted octanol–water partition coefficient (Wildman–Crippen LogP) is 6.61. The normalized spacial score (nSPS) is 14.4. The van der Waals surface area contributed by atoms with E-state index < -0.39 is 24.3 Å². The maximum absolute atomic E-state index is 12.6. The second-order valence-electron chi connectivity index (χ2n) is 11.9. The summed E-state index contributed by atoms with van der Waals surface area (Å²) >= 11 is 6.40. The highest BCUT2D eigenvalue weighted by atomic mass is 35.5. The van der Waals surface area contributed by atoms with Crippen LogP contribution in [0, 0.1) is 0 Å². The van der Waals surface area contributed by atoms with Crippen molar-refractivity contribution < 1.29 is 50.9 Å². The number of hydrogen-bond donors (Lipinski definition) is 5. The van der Waals surface area contributed by atoms with Gasteiger partial charge in [-0.3, -0.25) is 0 Å². The highest BCUT2D eigenvalue weighted by Crippen LogP contribution is 2.31. The van der Waals surface area contributed by atoms with E-state index in [1.807, 2.05) is 37.8 Å². The Labute approximate surface area is 287 Å². The molecule has 0 radical (unpaired) electrons. The second kappa shape index (κ2) is 16.1. The summed E-state index contributed by atoms with van der Waals surface area (Å²) in [5.41, 5.74) is 5.31. The minimum absolute atomic E-state index is 0.00188. The standard InChI is InChI=1S/C27H32ClN7O.2C2HF3O2/c1-27(2,3)33-26(36)35-13-11-34(12-14-35)23-10-9-21-16-19(23)8-7-18-5-4-6-20(15-18)31-25-29-17-22(28)24(30-21)32-25;2*3-2(4,5)1(6)7/h4-6,9-10,15-17H,7-8,11-14H2,1-3H3,(H,33,36)(H2,29,30,31,32);2*(H,6,7). The number of rotatable bonds is 1. The zero-order valence-corrected chi connectivity index (χ0v) is 27.7. The third-order valence-corrected chi connectivity index (χ3v) is 7.10. The largest absolute Gasteiger partial charge is 0.490 e. The molecule has 2 aliphatic heterocycles. The van der Waals surface area contributed by atoms with Crippen LogP contribution in [0.3, 0.4) is 0 Å². The number of carbonyl (C=O) groups excluding carboxylic acids is 1. The third kappa shape index (κ3) is 12.2. The molecule has 2 amide bonds. The van der Waals surface area contributed by atoms with Crippen molar-refractivity contribution in [2.45, 2.75) is 51.5 Å². The first-order valence-corrected chi connectivity index (χ1v) is 15.2. The van der Waals surface area contributed by atoms with Gasteiger partial charge in [-0.15, -0.1) is 0 Å². The predicted molar refractivity (Wildman–Crippen MR) is 173 cm³/mol. The van der Waals surface area contributed by atoms with Gasteiger partial charge in [0, 0.05) is 48.8 Å². The lowest BCUT2D eigenvalue weighted by molar-refractivity contribution is -0.193. The lowest BCUT2D eigenvalue weighted by atomic mass is 10.0. The van der Waals surface area contributed by atoms with Crippen LogP contribution in [-0.2, 0) is 22.4 Å². The Morgan fingerprint density at radius 3 is 1.98 bits per heavy atom. The number of benzene rings is 2. The number of halogens is 7. The number of carbonyl (C=O) groups is 3. The van der Waals surface area contributed by atoms with Gasteiger partial charge < -0.3 is 36.0 Å². The number of aliphatic carboxylic acids is 2. The number of carboxylic acid groups (broad SMARTS) is 2. The van der Waals surface area contributed by atoms with Crippen LogP contribution < -0.4 is 20.9 Å². The molecule has 0 spiro atoms. The Morgan fingerprint density at radius 1 is 0.840 bits per heavy atom. The van der Waals surface area contributed by atoms with Crippen LogP contribution in [0.4, 0.5) is 60.0 Å². The van der Waals surface area contributed by atoms with Crippen LogP contribution in [0.5, 0.6) is 0 Å². The van der Waals surface area contributed by atoms with Crippen LogP contribution in [0.15, 0.2) is 48.7 Å². The number of hydrogen-bond acceptors (Lipinski definition) is 8. The van der Waals surface area contributed by atoms with E-state index in [4.69, 9.17) is 31.4 Å². The molecule has 50 heavy (non-hydrogen) atoms. The molecule has 5 N–H and O–H groups in total. The van der Waals surface area contributed by atoms with Gasteiger partial charge >= 0.3 is 30.3 Å². The Bertz CT molecular complexity index is 1650. The molecule has 5 rings (SSSR count). The maximum atomic E-state index is 12.6. The van der Waals surface area contributed by atoms with Crippen molar-refractivity contribution in [1.82, 2.24) is 20.2 Å². The molecule has 2 aromatic carbocycles. The van der Waals surface area contributed by atoms with Gasteiger partial charge in [0.2, 0.25) is 5.95 Å². The highest BCUT2D eigenvalue weighted by Gasteiger charge is 2.39. The molecule has 3 heterocycles. The lowest BCUT2D eigenvalue weighted by Gasteiger charge is -2.38. The zero-order valence-electron chi connectivity index (χ0n) is 26.9. The number of piperazine rings is 1. The number of aromatic nitrogens is 2. The van der Waals surface area contributed by atoms with E-state index in [2.05, 4.69) is 61.2 Å². The van der Waals surface area contributed by atoms with E-state index in [9.17, 15) is 31.1 Å². The number of urea groups is 1. The number of alkyl halides is 6. The fraction of sp³-hybridized carbons (Fsp3) is 0.387. The SMILES string of the molecule is CC(C)(C)NC(=O)N1CCN(c2ccc3cc2CCc2cccc(c2)Nc2ncc(Cl)c(n2)N3)CC1.O=C(O)C(F)(F)F.O=C(O)C(F)(F)F. The molecule has 0 unspecified atom stereocenters. The molecule has 2 aliphatic rings. The van der Waals surface area contributed by atoms with Gasteiger partial charge in [0.1, 0.15) is 5.02 Å². The van der Waals surface area contributed by atoms with E-state index in [1.165, 1.54) is 16.8 Å². The van der Waals surface area contributed by atoms with Crippen molar-refractivity contribution >= 4 is 58.4 Å². The van der Waals surface area contributed by atoms with E-state index in [1.54, 1.807) is 6.20 Å². The first kappa shape index (κ1) is 39.4. The fourth-order valence-electron chi connectivity index (χ4n) is 4.59. The number of fused-ring (bicyclic) bond motifs is 6. The molecule has 19 heteroatoms. The number of nitrogens with one attached hydrogen (secondary N) is 3. The molecular weight excluding hydrogens is 700 g/mol. The number of aryl methyl sites for hydroxylation is 2. The van der Waals surface area contributed by atoms with Crippen LogP contribution in [-0.4, -0.2) is 87.1 Å². The summed E-state index contributed by atoms with van der Waals surface area (Å²) in [5.74, 6) is -4.47. The Hall–Kier alpha value is -5.00. The smallest absolute Gasteiger partial charge is 0.475 e. The molecule has 1 fully saturated rings. The zero-order chi connectivity index (χ0) is 37.4. The monoisotopic (exact) mass is 733 g/mol. The van der Waals surface area contributed by atoms with Gasteiger partial charge in [-0.25, -0.2) is 19.4 Å². The van der Waals surface area contributed by atoms with Crippen LogP contribution >= 0.6 is 11.6 Å². The van der Waals surface area contributed by atoms with E-state index in [-0.39, 0.29) is 11.6 Å². The Morgan fingerprint density at radius 2 is 1.42 bits per heavy atom. The van der Waals surface area contributed by atoms with E-state index in [0.29, 0.717) is 29.9 Å². The average Bonchev–Trinajstić information content (AvgIpc) is 3.01. The minimum Gasteiger partial charge on any atom is -0.475 e. The van der Waals surface area contributed by atoms with Gasteiger partial charge in [0.25, 0.3) is 0 Å². The molecule has 272 valence electrons. The average molecular weight is 734 g/mol. The molecule has 1 saturated heterocycles. The first-order chi connectivity index (χ1) is 23.1. The van der Waals surface area contributed by atoms with Crippen LogP contribution in [0.2, 0.25) is 5.02 Å². The van der Waals surface area contributed by atoms with Crippen molar-refractivity contribution in [3.05, 3.63) is 64.8 Å². The molecular formula is C31H34ClF6N7O5. The molecule has 0 atom stereocenters. The topological polar surface area (TPSA) is 160 Å². The van der Waals surface area contributed by atoms with Gasteiger partial charge in [-0.05, 0) is 75.1 Å². The highest BCUT2D eigenvalue weighted by molar-refractivity contribution is 6.32. The summed E-state index contributed by atoms with van der Waals surface area (Å²) in [7, 11) is 0. The summed E-state index contributed by atoms with van der Waals surface area (Å²) in [6.07, 6.45) is -6.78. The molecule has 1 aromatic heterocycles. The molecule has 6 bridgehead atoms. The summed E-state index contributed by atoms with van der Waals surface area (Å²) < 4.78 is 63.5. The van der Waals surface area contributed by atoms with Gasteiger partial charge in [-0.1, -0.05) is 23.7 Å². The van der Waals surface area contributed by atoms with Crippen molar-refractivity contribution in [2.24, 2.45) is 0 Å². The Kier molecular flexibility index (Phi) is 12.7. The molecule has 0 aliphatic carbocycles. The number of carboxylic acids is 2. The molecule has 0 saturated carbocycles. The lowest BCUT2D eigenvalue weighted by Crippen LogP contribution is -2.55. The van der Waals surface area contributed by atoms with Crippen molar-refractivity contribution in [3.63, 3.8) is 0 Å². The summed E-state index contributed by atoms with van der Waals surface area (Å²) in [6.45, 7) is 8.97. The number of anilines is 5. The van der Waals surface area contributed by atoms with E-state index >= 15 is 0 Å². The number of amides is 2. The number of nitrogens with zero attached hydrogens (tertiary/aromatic N) is 4. The Balaban J connectivity index is 0.000000408. The van der Waals surface area contributed by atoms with Crippen LogP contribution in [0.1, 0.15) is 31.9 Å². The van der Waals surface area contributed by atoms with E-state index in [0.717, 1.165) is 37.3 Å². The van der Waals surface area contributed by atoms with Crippen molar-refractivity contribution in [2.75, 3.05) is 41.7 Å². The molecule has 3 aromatic rings. The third-order valence-electron chi connectivity index (χ3n) is 6.83. The van der Waals surface area contributed by atoms with Gasteiger partial charge in [-0.2, -0.15) is 31.3 Å². The first-order valence-electron chi connectivity index (χ1n) is 14.8. The van der Waals surface area contributed by atoms with Crippen molar-refractivity contribution in [3.8, 4) is 0 Å². The molecule has 12 nitrogen and oxygen atoms in total. The quantitative estimate of drug-likeness (QED) is 0.172. The van der Waals surface area contributed by atoms with Gasteiger partial charge in [0.15, 0.2) is 5.82 Å². The minimum atomic E-state index is -5.08. The van der Waals surface area contributed by atoms with Crippen molar-refractivity contribution in [1.29, 1.82) is 0 Å². The van der Waals surface area contributed by atoms with Crippen LogP contribution in [0.25, 0.3) is 0 Å². The van der Waals surface area contributed by atoms with Gasteiger partial charge in [0.05, 0.1) is 6.20 Å². The second-order valence-corrected chi connectivity index (χ2v) is 12.4.